The van der Waals surface area contributed by atoms with Gasteiger partial charge in [0.05, 0.1) is 6.61 Å². The Hall–Kier alpha value is -2.09. The summed E-state index contributed by atoms with van der Waals surface area (Å²) in [6.45, 7) is 4.67. The van der Waals surface area contributed by atoms with Crippen molar-refractivity contribution < 1.29 is 9.53 Å². The quantitative estimate of drug-likeness (QED) is 0.760. The van der Waals surface area contributed by atoms with Gasteiger partial charge >= 0.3 is 0 Å². The minimum atomic E-state index is 0.106. The first-order valence-corrected chi connectivity index (χ1v) is 7.53. The van der Waals surface area contributed by atoms with Crippen LogP contribution in [-0.2, 0) is 0 Å². The maximum atomic E-state index is 12.5. The van der Waals surface area contributed by atoms with E-state index in [0.717, 1.165) is 17.7 Å². The third-order valence-corrected chi connectivity index (χ3v) is 4.08. The maximum Gasteiger partial charge on any atom is 0.166 e. The minimum Gasteiger partial charge on any atom is -0.494 e. The van der Waals surface area contributed by atoms with Crippen LogP contribution in [0.2, 0.25) is 0 Å². The van der Waals surface area contributed by atoms with Gasteiger partial charge in [-0.1, -0.05) is 48.0 Å². The fraction of sp³-hybridized carbons (Fsp3) is 0.316. The molecule has 2 heteroatoms. The van der Waals surface area contributed by atoms with Gasteiger partial charge in [0.1, 0.15) is 5.75 Å². The van der Waals surface area contributed by atoms with Crippen LogP contribution >= 0.6 is 0 Å². The van der Waals surface area contributed by atoms with E-state index in [1.165, 1.54) is 11.1 Å². The number of hydrogen-bond donors (Lipinski definition) is 0. The van der Waals surface area contributed by atoms with Crippen LogP contribution in [0.15, 0.2) is 48.5 Å². The van der Waals surface area contributed by atoms with Gasteiger partial charge < -0.3 is 4.74 Å². The number of benzene rings is 2. The SMILES string of the molecule is CCOc1ccccc1C1CC1C(=O)c1ccc(C)cc1. The molecule has 2 aromatic carbocycles. The summed E-state index contributed by atoms with van der Waals surface area (Å²) in [5.74, 6) is 1.59. The Morgan fingerprint density at radius 2 is 1.86 bits per heavy atom. The topological polar surface area (TPSA) is 26.3 Å². The molecular weight excluding hydrogens is 260 g/mol. The van der Waals surface area contributed by atoms with E-state index in [2.05, 4.69) is 6.07 Å². The van der Waals surface area contributed by atoms with Crippen LogP contribution in [0.5, 0.6) is 5.75 Å². The van der Waals surface area contributed by atoms with Crippen molar-refractivity contribution in [2.45, 2.75) is 26.2 Å². The summed E-state index contributed by atoms with van der Waals surface area (Å²) in [4.78, 5) is 12.5. The highest BCUT2D eigenvalue weighted by atomic mass is 16.5. The lowest BCUT2D eigenvalue weighted by Gasteiger charge is -2.09. The fourth-order valence-electron chi connectivity index (χ4n) is 2.83. The Kier molecular flexibility index (Phi) is 3.78. The number of Topliss-reactive ketones (excluding diaryl/α,β-unsaturated/α-hetero) is 1. The molecule has 0 heterocycles. The Morgan fingerprint density at radius 1 is 1.14 bits per heavy atom. The predicted octanol–water partition coefficient (Wildman–Crippen LogP) is 4.38. The minimum absolute atomic E-state index is 0.106. The number of hydrogen-bond acceptors (Lipinski definition) is 2. The van der Waals surface area contributed by atoms with E-state index in [-0.39, 0.29) is 11.7 Å². The third kappa shape index (κ3) is 2.85. The van der Waals surface area contributed by atoms with Gasteiger partial charge in [-0.15, -0.1) is 0 Å². The Morgan fingerprint density at radius 3 is 2.57 bits per heavy atom. The molecule has 3 rings (SSSR count). The van der Waals surface area contributed by atoms with Crippen LogP contribution in [-0.4, -0.2) is 12.4 Å². The largest absolute Gasteiger partial charge is 0.494 e. The standard InChI is InChI=1S/C19H20O2/c1-3-21-18-7-5-4-6-15(18)16-12-17(16)19(20)14-10-8-13(2)9-11-14/h4-11,16-17H,3,12H2,1-2H3. The average molecular weight is 280 g/mol. The van der Waals surface area contributed by atoms with Crippen LogP contribution in [0.4, 0.5) is 0 Å². The lowest BCUT2D eigenvalue weighted by Crippen LogP contribution is -2.04. The molecule has 0 saturated heterocycles. The van der Waals surface area contributed by atoms with Crippen molar-refractivity contribution >= 4 is 5.78 Å². The molecule has 1 aliphatic rings. The van der Waals surface area contributed by atoms with E-state index >= 15 is 0 Å². The summed E-state index contributed by atoms with van der Waals surface area (Å²) < 4.78 is 5.68. The number of ether oxygens (including phenoxy) is 1. The van der Waals surface area contributed by atoms with E-state index < -0.39 is 0 Å². The van der Waals surface area contributed by atoms with Crippen LogP contribution in [0.3, 0.4) is 0 Å². The lowest BCUT2D eigenvalue weighted by atomic mass is 10.0. The van der Waals surface area contributed by atoms with Crippen LogP contribution < -0.4 is 4.74 Å². The van der Waals surface area contributed by atoms with Crippen LogP contribution in [0, 0.1) is 12.8 Å². The van der Waals surface area contributed by atoms with Crippen molar-refractivity contribution in [2.75, 3.05) is 6.61 Å². The molecule has 0 N–H and O–H groups in total. The molecular formula is C19H20O2. The van der Waals surface area contributed by atoms with E-state index in [9.17, 15) is 4.79 Å². The molecule has 0 aromatic heterocycles. The molecule has 0 radical (unpaired) electrons. The number of ketones is 1. The highest BCUT2D eigenvalue weighted by Gasteiger charge is 2.45. The molecule has 0 amide bonds. The summed E-state index contributed by atoms with van der Waals surface area (Å²) in [5.41, 5.74) is 3.17. The normalized spacial score (nSPS) is 20.1. The fourth-order valence-corrected chi connectivity index (χ4v) is 2.83. The predicted molar refractivity (Wildman–Crippen MR) is 84.0 cm³/mol. The maximum absolute atomic E-state index is 12.5. The van der Waals surface area contributed by atoms with Crippen molar-refractivity contribution in [3.63, 3.8) is 0 Å². The van der Waals surface area contributed by atoms with Crippen LogP contribution in [0.25, 0.3) is 0 Å². The molecule has 108 valence electrons. The average Bonchev–Trinajstić information content (AvgIpc) is 3.29. The van der Waals surface area contributed by atoms with E-state index in [1.54, 1.807) is 0 Å². The zero-order valence-corrected chi connectivity index (χ0v) is 12.5. The first-order valence-electron chi connectivity index (χ1n) is 7.53. The molecule has 1 fully saturated rings. The zero-order chi connectivity index (χ0) is 14.8. The molecule has 1 aliphatic carbocycles. The van der Waals surface area contributed by atoms with Crippen molar-refractivity contribution in [1.29, 1.82) is 0 Å². The van der Waals surface area contributed by atoms with Gasteiger partial charge in [0.15, 0.2) is 5.78 Å². The molecule has 0 aliphatic heterocycles. The summed E-state index contributed by atoms with van der Waals surface area (Å²) in [6, 6.07) is 15.9. The summed E-state index contributed by atoms with van der Waals surface area (Å²) in [5, 5.41) is 0. The van der Waals surface area contributed by atoms with Gasteiger partial charge in [-0.3, -0.25) is 4.79 Å². The number of carbonyl (C=O) groups excluding carboxylic acids is 1. The molecule has 2 atom stereocenters. The second-order valence-corrected chi connectivity index (χ2v) is 5.65. The van der Waals surface area contributed by atoms with Gasteiger partial charge in [-0.05, 0) is 37.8 Å². The van der Waals surface area contributed by atoms with E-state index in [1.807, 2.05) is 56.3 Å². The Labute approximate surface area is 125 Å². The Bertz CT molecular complexity index is 643. The summed E-state index contributed by atoms with van der Waals surface area (Å²) in [7, 11) is 0. The summed E-state index contributed by atoms with van der Waals surface area (Å²) >= 11 is 0. The molecule has 0 bridgehead atoms. The first kappa shape index (κ1) is 13.9. The van der Waals surface area contributed by atoms with E-state index in [0.29, 0.717) is 12.5 Å². The molecule has 2 aromatic rings. The highest BCUT2D eigenvalue weighted by molar-refractivity contribution is 6.00. The monoisotopic (exact) mass is 280 g/mol. The lowest BCUT2D eigenvalue weighted by molar-refractivity contribution is 0.0965. The number of para-hydroxylation sites is 1. The first-order chi connectivity index (χ1) is 10.2. The second-order valence-electron chi connectivity index (χ2n) is 5.65. The van der Waals surface area contributed by atoms with Crippen molar-refractivity contribution in [3.8, 4) is 5.75 Å². The molecule has 2 nitrogen and oxygen atoms in total. The highest BCUT2D eigenvalue weighted by Crippen LogP contribution is 2.51. The van der Waals surface area contributed by atoms with Gasteiger partial charge in [0, 0.05) is 11.5 Å². The summed E-state index contributed by atoms with van der Waals surface area (Å²) in [6.07, 6.45) is 0.927. The van der Waals surface area contributed by atoms with E-state index in [4.69, 9.17) is 4.74 Å². The van der Waals surface area contributed by atoms with Crippen molar-refractivity contribution in [2.24, 2.45) is 5.92 Å². The van der Waals surface area contributed by atoms with Gasteiger partial charge in [0.2, 0.25) is 0 Å². The number of carbonyl (C=O) groups is 1. The number of aryl methyl sites for hydroxylation is 1. The van der Waals surface area contributed by atoms with Gasteiger partial charge in [-0.2, -0.15) is 0 Å². The second kappa shape index (κ2) is 5.72. The molecule has 0 spiro atoms. The van der Waals surface area contributed by atoms with Gasteiger partial charge in [-0.25, -0.2) is 0 Å². The van der Waals surface area contributed by atoms with Crippen molar-refractivity contribution in [1.82, 2.24) is 0 Å². The smallest absolute Gasteiger partial charge is 0.166 e. The van der Waals surface area contributed by atoms with Crippen LogP contribution in [0.1, 0.15) is 40.7 Å². The molecule has 1 saturated carbocycles. The third-order valence-electron chi connectivity index (χ3n) is 4.08. The van der Waals surface area contributed by atoms with Crippen molar-refractivity contribution in [3.05, 3.63) is 65.2 Å². The molecule has 2 unspecified atom stereocenters. The zero-order valence-electron chi connectivity index (χ0n) is 12.5. The molecule has 21 heavy (non-hydrogen) atoms. The Balaban J connectivity index is 1.77. The van der Waals surface area contributed by atoms with Gasteiger partial charge in [0.25, 0.3) is 0 Å². The number of rotatable bonds is 5.